The van der Waals surface area contributed by atoms with Crippen LogP contribution >= 0.6 is 0 Å². The molecule has 0 N–H and O–H groups in total. The van der Waals surface area contributed by atoms with Crippen molar-refractivity contribution in [2.75, 3.05) is 0 Å². The summed E-state index contributed by atoms with van der Waals surface area (Å²) in [7, 11) is 0. The molecule has 2 heteroatoms. The van der Waals surface area contributed by atoms with Gasteiger partial charge in [-0.25, -0.2) is 0 Å². The van der Waals surface area contributed by atoms with Crippen LogP contribution < -0.4 is 0 Å². The van der Waals surface area contributed by atoms with Crippen molar-refractivity contribution in [2.45, 2.75) is 0 Å². The Kier molecular flexibility index (Phi) is 3.88. The number of benzene rings is 9. The van der Waals surface area contributed by atoms with E-state index in [0.29, 0.717) is 27.7 Å². The first-order chi connectivity index (χ1) is 32.0. The molecule has 2 heterocycles. The van der Waals surface area contributed by atoms with E-state index in [-0.39, 0.29) is 43.8 Å². The predicted octanol–water partition coefficient (Wildman–Crippen LogP) is 14.5. The number of hydrogen-bond donors (Lipinski definition) is 0. The molecule has 0 aliphatic heterocycles. The van der Waals surface area contributed by atoms with Crippen LogP contribution in [0.25, 0.3) is 110 Å². The Morgan fingerprint density at radius 3 is 1.63 bits per heavy atom. The third-order valence-corrected chi connectivity index (χ3v) is 9.61. The van der Waals surface area contributed by atoms with Gasteiger partial charge in [-0.15, -0.1) is 0 Å². The van der Waals surface area contributed by atoms with Crippen LogP contribution in [-0.2, 0) is 0 Å². The van der Waals surface area contributed by atoms with Crippen LogP contribution in [0.1, 0.15) is 20.6 Å². The lowest BCUT2D eigenvalue weighted by Gasteiger charge is -2.18. The van der Waals surface area contributed by atoms with Gasteiger partial charge in [0.1, 0.15) is 22.5 Å². The molecule has 0 aliphatic carbocycles. The Morgan fingerprint density at radius 2 is 0.942 bits per heavy atom. The van der Waals surface area contributed by atoms with E-state index in [9.17, 15) is 6.85 Å². The topological polar surface area (TPSA) is 26.3 Å². The molecule has 0 spiro atoms. The molecule has 0 saturated heterocycles. The highest BCUT2D eigenvalue weighted by molar-refractivity contribution is 6.26. The minimum atomic E-state index is -0.774. The number of para-hydroxylation sites is 1. The summed E-state index contributed by atoms with van der Waals surface area (Å²) >= 11 is 0. The Hall–Kier alpha value is -6.90. The zero-order valence-corrected chi connectivity index (χ0v) is 27.0. The summed E-state index contributed by atoms with van der Waals surface area (Å²) < 4.78 is 149. The van der Waals surface area contributed by atoms with E-state index in [4.69, 9.17) is 22.5 Å². The molecule has 11 rings (SSSR count). The lowest BCUT2D eigenvalue weighted by Crippen LogP contribution is -1.91. The summed E-state index contributed by atoms with van der Waals surface area (Å²) in [5, 5.41) is -0.0636. The molecular formula is C50H30O2. The molecule has 52 heavy (non-hydrogen) atoms. The second-order valence-corrected chi connectivity index (χ2v) is 12.4. The monoisotopic (exact) mass is 677 g/mol. The Labute approximate surface area is 320 Å². The summed E-state index contributed by atoms with van der Waals surface area (Å²) in [4.78, 5) is 0. The van der Waals surface area contributed by atoms with E-state index < -0.39 is 107 Å². The van der Waals surface area contributed by atoms with Gasteiger partial charge >= 0.3 is 0 Å². The highest BCUT2D eigenvalue weighted by Crippen LogP contribution is 2.49. The highest BCUT2D eigenvalue weighted by atomic mass is 16.3. The van der Waals surface area contributed by atoms with Gasteiger partial charge in [0.2, 0.25) is 0 Å². The van der Waals surface area contributed by atoms with Gasteiger partial charge in [0.15, 0.2) is 0 Å². The van der Waals surface area contributed by atoms with Gasteiger partial charge < -0.3 is 8.83 Å². The van der Waals surface area contributed by atoms with Gasteiger partial charge in [-0.2, -0.15) is 0 Å². The predicted molar refractivity (Wildman–Crippen MR) is 218 cm³/mol. The first-order valence-corrected chi connectivity index (χ1v) is 16.5. The molecule has 0 fully saturated rings. The largest absolute Gasteiger partial charge is 0.455 e. The minimum Gasteiger partial charge on any atom is -0.455 e. The maximum atomic E-state index is 9.53. The molecule has 0 saturated carbocycles. The normalized spacial score (nSPS) is 15.9. The molecule has 242 valence electrons. The summed E-state index contributed by atoms with van der Waals surface area (Å²) in [6, 6.07) is 17.8. The maximum Gasteiger partial charge on any atom is 0.143 e. The fraction of sp³-hybridized carbons (Fsp3) is 0. The molecule has 0 unspecified atom stereocenters. The molecule has 2 aromatic heterocycles. The van der Waals surface area contributed by atoms with Crippen LogP contribution in [-0.4, -0.2) is 0 Å². The molecule has 0 atom stereocenters. The van der Waals surface area contributed by atoms with Gasteiger partial charge in [-0.3, -0.25) is 0 Å². The van der Waals surface area contributed by atoms with Gasteiger partial charge in [0.25, 0.3) is 0 Å². The Morgan fingerprint density at radius 1 is 0.365 bits per heavy atom. The minimum absolute atomic E-state index is 0.0571. The van der Waals surface area contributed by atoms with E-state index in [1.54, 1.807) is 18.2 Å². The van der Waals surface area contributed by atoms with Crippen LogP contribution in [0.5, 0.6) is 0 Å². The van der Waals surface area contributed by atoms with Crippen molar-refractivity contribution in [2.24, 2.45) is 0 Å². The van der Waals surface area contributed by atoms with E-state index in [0.717, 1.165) is 22.1 Å². The average molecular weight is 678 g/mol. The fourth-order valence-electron chi connectivity index (χ4n) is 7.41. The molecule has 2 nitrogen and oxygen atoms in total. The molecule has 0 amide bonds. The van der Waals surface area contributed by atoms with Gasteiger partial charge in [0, 0.05) is 44.5 Å². The third-order valence-electron chi connectivity index (χ3n) is 9.61. The summed E-state index contributed by atoms with van der Waals surface area (Å²) in [6.45, 7) is 0. The summed E-state index contributed by atoms with van der Waals surface area (Å²) in [5.41, 5.74) is 2.99. The van der Waals surface area contributed by atoms with Crippen molar-refractivity contribution in [1.82, 2.24) is 0 Å². The van der Waals surface area contributed by atoms with E-state index in [1.165, 1.54) is 0 Å². The summed E-state index contributed by atoms with van der Waals surface area (Å²) in [6.07, 6.45) is 0. The van der Waals surface area contributed by atoms with Crippen LogP contribution in [0.3, 0.4) is 0 Å². The number of furan rings is 2. The van der Waals surface area contributed by atoms with Crippen LogP contribution in [0.4, 0.5) is 0 Å². The SMILES string of the molecule is [2H]c1c([2H])c([2H])c2c(-c3c4c([2H])c([2H])c([2H])c([2H])c4c(-c4cccc5c4oc4cc6oc(-c7ccccc7)c(-c7ccccc7)c6cc45)c4c([2H])c([2H])c([2H])c([2H])c34)c([2H])c([2H])c([2H])c2c1[2H]. The zero-order chi connectivity index (χ0) is 47.2. The number of fused-ring (bicyclic) bond motifs is 7. The van der Waals surface area contributed by atoms with Crippen LogP contribution in [0, 0.1) is 0 Å². The van der Waals surface area contributed by atoms with E-state index >= 15 is 0 Å². The van der Waals surface area contributed by atoms with Crippen LogP contribution in [0.15, 0.2) is 190 Å². The first kappa shape index (κ1) is 17.8. The zero-order valence-electron chi connectivity index (χ0n) is 42.0. The molecule has 11 aromatic rings. The number of hydrogen-bond acceptors (Lipinski definition) is 2. The van der Waals surface area contributed by atoms with E-state index in [1.807, 2.05) is 72.8 Å². The maximum absolute atomic E-state index is 9.53. The third kappa shape index (κ3) is 4.25. The van der Waals surface area contributed by atoms with Crippen molar-refractivity contribution in [1.29, 1.82) is 0 Å². The van der Waals surface area contributed by atoms with Crippen molar-refractivity contribution >= 4 is 65.2 Å². The quantitative estimate of drug-likeness (QED) is 0.173. The van der Waals surface area contributed by atoms with Crippen molar-refractivity contribution in [3.05, 3.63) is 182 Å². The van der Waals surface area contributed by atoms with Gasteiger partial charge in [0.05, 0.1) is 20.6 Å². The molecule has 0 bridgehead atoms. The standard InChI is InChI=1S/C50H30O2/c1-3-16-32(17-4-1)46-43-29-42-40-27-14-28-41(50(40)52-44(42)30-45(43)51-49(46)33-18-5-2-6-19-33)48-38-24-11-9-22-36(38)47(37-23-10-12-25-39(37)48)35-26-13-20-31-15-7-8-21-34(31)35/h1-30H/i7D,8D,9D,10D,11D,12D,13D,15D,20D,21D,22D,23D,24D,25D,26D. The molecular weight excluding hydrogens is 633 g/mol. The molecule has 9 aromatic carbocycles. The Balaban J connectivity index is 1.34. The lowest BCUT2D eigenvalue weighted by molar-refractivity contribution is 0.629. The van der Waals surface area contributed by atoms with E-state index in [2.05, 4.69) is 0 Å². The van der Waals surface area contributed by atoms with Gasteiger partial charge in [-0.05, 0) is 55.1 Å². The average Bonchev–Trinajstić information content (AvgIpc) is 3.90. The lowest BCUT2D eigenvalue weighted by atomic mass is 9.84. The number of rotatable bonds is 4. The van der Waals surface area contributed by atoms with Crippen molar-refractivity contribution in [3.63, 3.8) is 0 Å². The highest BCUT2D eigenvalue weighted by Gasteiger charge is 2.23. The van der Waals surface area contributed by atoms with Crippen molar-refractivity contribution < 1.29 is 29.4 Å². The smallest absolute Gasteiger partial charge is 0.143 e. The molecule has 0 aliphatic rings. The summed E-state index contributed by atoms with van der Waals surface area (Å²) in [5.74, 6) is 0.648. The Bertz CT molecular complexity index is 3940. The van der Waals surface area contributed by atoms with Crippen LogP contribution in [0.2, 0.25) is 0 Å². The second-order valence-electron chi connectivity index (χ2n) is 12.4. The van der Waals surface area contributed by atoms with Gasteiger partial charge in [-0.1, -0.05) is 169 Å². The van der Waals surface area contributed by atoms with Crippen molar-refractivity contribution in [3.8, 4) is 44.7 Å². The first-order valence-electron chi connectivity index (χ1n) is 24.0. The molecule has 0 radical (unpaired) electrons. The second kappa shape index (κ2) is 11.3. The fourth-order valence-corrected chi connectivity index (χ4v) is 7.41.